The second-order valence-electron chi connectivity index (χ2n) is 4.69. The molecule has 0 bridgehead atoms. The van der Waals surface area contributed by atoms with Crippen molar-refractivity contribution >= 4 is 18.4 Å². The molecule has 0 aliphatic rings. The molecule has 0 aliphatic heterocycles. The Morgan fingerprint density at radius 2 is 1.69 bits per heavy atom. The zero-order chi connectivity index (χ0) is 9.90. The number of benzene rings is 1. The first-order valence-corrected chi connectivity index (χ1v) is 15.3. The average molecular weight is 285 g/mol. The summed E-state index contributed by atoms with van der Waals surface area (Å²) in [4.78, 5) is 7.04. The van der Waals surface area contributed by atoms with E-state index in [9.17, 15) is 5.11 Å². The Bertz CT molecular complexity index is 251. The van der Waals surface area contributed by atoms with Crippen molar-refractivity contribution < 1.29 is 5.11 Å². The fraction of sp³-hybridized carbons (Fsp3) is 0.455. The number of aliphatic hydroxyl groups excluding tert-OH is 1. The zero-order valence-corrected chi connectivity index (χ0v) is 11.5. The van der Waals surface area contributed by atoms with Crippen LogP contribution < -0.4 is 0 Å². The van der Waals surface area contributed by atoms with E-state index in [1.807, 2.05) is 30.3 Å². The molecule has 1 unspecified atom stereocenters. The van der Waals surface area contributed by atoms with Gasteiger partial charge in [0, 0.05) is 0 Å². The van der Waals surface area contributed by atoms with Crippen LogP contribution in [0.3, 0.4) is 0 Å². The molecule has 0 aliphatic carbocycles. The summed E-state index contributed by atoms with van der Waals surface area (Å²) in [5.41, 5.74) is 1.06. The summed E-state index contributed by atoms with van der Waals surface area (Å²) in [6.45, 7) is 0. The summed E-state index contributed by atoms with van der Waals surface area (Å²) in [5, 5.41) is 9.91. The first-order chi connectivity index (χ1) is 5.99. The van der Waals surface area contributed by atoms with Gasteiger partial charge in [0.15, 0.2) is 0 Å². The number of aliphatic hydroxyl groups is 1. The van der Waals surface area contributed by atoms with Gasteiger partial charge in [-0.05, 0) is 0 Å². The molecule has 2 heteroatoms. The number of rotatable bonds is 3. The van der Waals surface area contributed by atoms with Crippen molar-refractivity contribution in [1.29, 1.82) is 0 Å². The third-order valence-corrected chi connectivity index (χ3v) is 6.59. The van der Waals surface area contributed by atoms with Gasteiger partial charge in [-0.25, -0.2) is 0 Å². The van der Waals surface area contributed by atoms with E-state index in [2.05, 4.69) is 14.8 Å². The van der Waals surface area contributed by atoms with E-state index in [1.54, 1.807) is 0 Å². The van der Waals surface area contributed by atoms with Crippen LogP contribution in [-0.2, 0) is 0 Å². The van der Waals surface area contributed by atoms with Crippen LogP contribution in [-0.4, -0.2) is 23.5 Å². The van der Waals surface area contributed by atoms with E-state index in [0.29, 0.717) is 0 Å². The summed E-state index contributed by atoms with van der Waals surface area (Å²) in [6, 6.07) is 9.95. The van der Waals surface area contributed by atoms with Gasteiger partial charge in [0.1, 0.15) is 0 Å². The molecule has 1 aromatic rings. The van der Waals surface area contributed by atoms with Crippen molar-refractivity contribution in [3.05, 3.63) is 35.9 Å². The molecule has 0 heterocycles. The monoisotopic (exact) mass is 286 g/mol. The van der Waals surface area contributed by atoms with Crippen molar-refractivity contribution in [2.24, 2.45) is 0 Å². The van der Waals surface area contributed by atoms with Crippen LogP contribution in [0.15, 0.2) is 30.3 Å². The Morgan fingerprint density at radius 3 is 2.15 bits per heavy atom. The summed E-state index contributed by atoms with van der Waals surface area (Å²) >= 11 is -1.83. The van der Waals surface area contributed by atoms with Gasteiger partial charge >= 0.3 is 84.7 Å². The molecule has 13 heavy (non-hydrogen) atoms. The fourth-order valence-corrected chi connectivity index (χ4v) is 5.36. The Hall–Kier alpha value is -0.0213. The van der Waals surface area contributed by atoms with Crippen molar-refractivity contribution in [3.8, 4) is 0 Å². The SMILES string of the molecule is [CH3][Sn]([CH3])([CH3])[CH2]C(O)c1ccccc1. The summed E-state index contributed by atoms with van der Waals surface area (Å²) in [6.07, 6.45) is -0.239. The molecule has 0 spiro atoms. The van der Waals surface area contributed by atoms with E-state index < -0.39 is 18.4 Å². The maximum atomic E-state index is 9.91. The second-order valence-corrected chi connectivity index (χ2v) is 20.5. The summed E-state index contributed by atoms with van der Waals surface area (Å²) in [7, 11) is 0. The molecule has 0 saturated carbocycles. The van der Waals surface area contributed by atoms with E-state index in [0.717, 1.165) is 10.0 Å². The van der Waals surface area contributed by atoms with Crippen molar-refractivity contribution in [1.82, 2.24) is 0 Å². The van der Waals surface area contributed by atoms with Gasteiger partial charge in [-0.1, -0.05) is 0 Å². The molecule has 1 aromatic carbocycles. The van der Waals surface area contributed by atoms with E-state index >= 15 is 0 Å². The van der Waals surface area contributed by atoms with Crippen LogP contribution >= 0.6 is 0 Å². The molecule has 0 saturated heterocycles. The van der Waals surface area contributed by atoms with E-state index in [4.69, 9.17) is 0 Å². The Morgan fingerprint density at radius 1 is 1.15 bits per heavy atom. The van der Waals surface area contributed by atoms with Gasteiger partial charge in [-0.15, -0.1) is 0 Å². The Labute approximate surface area is 84.7 Å². The molecule has 1 rings (SSSR count). The van der Waals surface area contributed by atoms with Crippen LogP contribution in [0.25, 0.3) is 0 Å². The fourth-order valence-electron chi connectivity index (χ4n) is 1.37. The maximum absolute atomic E-state index is 9.91. The minimum atomic E-state index is -1.83. The summed E-state index contributed by atoms with van der Waals surface area (Å²) < 4.78 is 1.01. The molecular weight excluding hydrogens is 267 g/mol. The number of hydrogen-bond acceptors (Lipinski definition) is 1. The van der Waals surface area contributed by atoms with Gasteiger partial charge in [-0.3, -0.25) is 0 Å². The van der Waals surface area contributed by atoms with Crippen molar-refractivity contribution in [2.45, 2.75) is 25.4 Å². The first-order valence-electron chi connectivity index (χ1n) is 4.72. The van der Waals surface area contributed by atoms with Crippen molar-refractivity contribution in [3.63, 3.8) is 0 Å². The quantitative estimate of drug-likeness (QED) is 0.846. The van der Waals surface area contributed by atoms with Crippen LogP contribution in [0.1, 0.15) is 11.7 Å². The molecule has 1 atom stereocenters. The average Bonchev–Trinajstić information content (AvgIpc) is 2.03. The predicted octanol–water partition coefficient (Wildman–Crippen LogP) is 3.06. The number of hydrogen-bond donors (Lipinski definition) is 1. The van der Waals surface area contributed by atoms with Crippen molar-refractivity contribution in [2.75, 3.05) is 0 Å². The van der Waals surface area contributed by atoms with Gasteiger partial charge in [0.2, 0.25) is 0 Å². The van der Waals surface area contributed by atoms with Gasteiger partial charge in [-0.2, -0.15) is 0 Å². The minimum absolute atomic E-state index is 0.239. The normalized spacial score (nSPS) is 14.2. The molecule has 0 amide bonds. The van der Waals surface area contributed by atoms with Gasteiger partial charge < -0.3 is 0 Å². The standard InChI is InChI=1S/C8H9O.3CH3.Sn/c1-7(9)8-5-3-2-4-6-8;;;;/h2-7,9H,1H2;3*1H3;. The molecule has 1 nitrogen and oxygen atoms in total. The van der Waals surface area contributed by atoms with Crippen LogP contribution in [0.5, 0.6) is 0 Å². The third-order valence-electron chi connectivity index (χ3n) is 1.99. The van der Waals surface area contributed by atoms with Crippen LogP contribution in [0, 0.1) is 0 Å². The second kappa shape index (κ2) is 4.47. The molecule has 1 N–H and O–H groups in total. The molecule has 72 valence electrons. The van der Waals surface area contributed by atoms with E-state index in [1.165, 1.54) is 0 Å². The topological polar surface area (TPSA) is 20.2 Å². The molecule has 0 aromatic heterocycles. The Kier molecular flexibility index (Phi) is 3.80. The zero-order valence-electron chi connectivity index (χ0n) is 8.62. The van der Waals surface area contributed by atoms with Crippen LogP contribution in [0.2, 0.25) is 19.3 Å². The van der Waals surface area contributed by atoms with Crippen LogP contribution in [0.4, 0.5) is 0 Å². The summed E-state index contributed by atoms with van der Waals surface area (Å²) in [5.74, 6) is 0. The van der Waals surface area contributed by atoms with Gasteiger partial charge in [0.05, 0.1) is 0 Å². The van der Waals surface area contributed by atoms with Gasteiger partial charge in [0.25, 0.3) is 0 Å². The molecule has 0 radical (unpaired) electrons. The Balaban J connectivity index is 2.64. The van der Waals surface area contributed by atoms with E-state index in [-0.39, 0.29) is 6.10 Å². The molecule has 0 fully saturated rings. The molecular formula is C11H18OSn. The first kappa shape index (κ1) is 11.1. The third kappa shape index (κ3) is 4.14. The predicted molar refractivity (Wildman–Crippen MR) is 59.6 cm³/mol.